The van der Waals surface area contributed by atoms with Crippen LogP contribution in [0.3, 0.4) is 0 Å². The van der Waals surface area contributed by atoms with Crippen molar-refractivity contribution in [1.82, 2.24) is 4.90 Å². The fraction of sp³-hybridized carbons (Fsp3) is 0.417. The summed E-state index contributed by atoms with van der Waals surface area (Å²) in [6.45, 7) is 0.0725. The van der Waals surface area contributed by atoms with Crippen LogP contribution in [-0.2, 0) is 21.2 Å². The molecule has 7 nitrogen and oxygen atoms in total. The highest BCUT2D eigenvalue weighted by Crippen LogP contribution is 2.23. The summed E-state index contributed by atoms with van der Waals surface area (Å²) >= 11 is 5.94. The van der Waals surface area contributed by atoms with Gasteiger partial charge in [0.05, 0.1) is 10.7 Å². The van der Waals surface area contributed by atoms with E-state index in [1.807, 2.05) is 0 Å². The van der Waals surface area contributed by atoms with Gasteiger partial charge in [-0.2, -0.15) is 0 Å². The van der Waals surface area contributed by atoms with Gasteiger partial charge >= 0.3 is 0 Å². The summed E-state index contributed by atoms with van der Waals surface area (Å²) in [4.78, 5) is 23.3. The first-order valence-corrected chi connectivity index (χ1v) is 8.38. The van der Waals surface area contributed by atoms with Crippen LogP contribution in [0.5, 0.6) is 0 Å². The van der Waals surface area contributed by atoms with Crippen molar-refractivity contribution in [3.05, 3.63) is 38.9 Å². The lowest BCUT2D eigenvalue weighted by molar-refractivity contribution is -0.384. The Bertz CT molecular complexity index is 660. The van der Waals surface area contributed by atoms with Gasteiger partial charge in [-0.15, -0.1) is 0 Å². The molecular weight excluding hydrogens is 320 g/mol. The lowest BCUT2D eigenvalue weighted by Gasteiger charge is -2.17. The van der Waals surface area contributed by atoms with Crippen LogP contribution in [0.1, 0.15) is 12.0 Å². The number of nitrogens with zero attached hydrogens (tertiary/aromatic N) is 2. The van der Waals surface area contributed by atoms with Gasteiger partial charge in [0.2, 0.25) is 5.91 Å². The first kappa shape index (κ1) is 17.4. The smallest absolute Gasteiger partial charge is 0.269 e. The number of non-ortho nitro benzene ring substituents is 1. The Hall–Kier alpha value is -1.67. The molecule has 0 aliphatic rings. The molecule has 0 heterocycles. The Kier molecular flexibility index (Phi) is 5.68. The number of rotatable bonds is 6. The van der Waals surface area contributed by atoms with Crippen molar-refractivity contribution in [3.63, 3.8) is 0 Å². The number of amides is 1. The van der Waals surface area contributed by atoms with Crippen LogP contribution in [0.25, 0.3) is 0 Å². The highest BCUT2D eigenvalue weighted by molar-refractivity contribution is 7.90. The number of carbonyl (C=O) groups excluding carboxylic acids is 1. The molecule has 0 unspecified atom stereocenters. The molecular formula is C12H15ClN2O5S. The lowest BCUT2D eigenvalue weighted by atomic mass is 10.2. The fourth-order valence-corrected chi connectivity index (χ4v) is 2.33. The third-order valence-electron chi connectivity index (χ3n) is 2.76. The van der Waals surface area contributed by atoms with E-state index in [1.165, 1.54) is 30.1 Å². The summed E-state index contributed by atoms with van der Waals surface area (Å²) in [6.07, 6.45) is 0.916. The summed E-state index contributed by atoms with van der Waals surface area (Å²) < 4.78 is 22.0. The SMILES string of the molecule is CN(Cc1cc([N+](=O)[O-])ccc1Cl)C(=O)CCS(C)(=O)=O. The molecule has 0 radical (unpaired) electrons. The van der Waals surface area contributed by atoms with Crippen LogP contribution in [0, 0.1) is 10.1 Å². The zero-order chi connectivity index (χ0) is 16.2. The van der Waals surface area contributed by atoms with E-state index in [0.717, 1.165) is 6.26 Å². The average molecular weight is 335 g/mol. The third-order valence-corrected chi connectivity index (χ3v) is 4.07. The molecule has 0 saturated carbocycles. The maximum Gasteiger partial charge on any atom is 0.269 e. The lowest BCUT2D eigenvalue weighted by Crippen LogP contribution is -2.28. The standard InChI is InChI=1S/C12H15ClN2O5S/c1-14(12(16)5-6-21(2,19)20)8-9-7-10(15(17)18)3-4-11(9)13/h3-4,7H,5-6,8H2,1-2H3. The highest BCUT2D eigenvalue weighted by Gasteiger charge is 2.16. The minimum atomic E-state index is -3.21. The number of hydrogen-bond acceptors (Lipinski definition) is 5. The second-order valence-corrected chi connectivity index (χ2v) is 7.33. The van der Waals surface area contributed by atoms with E-state index in [0.29, 0.717) is 10.6 Å². The molecule has 0 bridgehead atoms. The van der Waals surface area contributed by atoms with Crippen molar-refractivity contribution in [2.75, 3.05) is 19.1 Å². The van der Waals surface area contributed by atoms with Crippen LogP contribution in [0.15, 0.2) is 18.2 Å². The van der Waals surface area contributed by atoms with E-state index >= 15 is 0 Å². The molecule has 0 atom stereocenters. The van der Waals surface area contributed by atoms with E-state index in [9.17, 15) is 23.3 Å². The van der Waals surface area contributed by atoms with Crippen LogP contribution >= 0.6 is 11.6 Å². The number of nitro benzene ring substituents is 1. The summed E-state index contributed by atoms with van der Waals surface area (Å²) in [6, 6.07) is 3.96. The van der Waals surface area contributed by atoms with Crippen molar-refractivity contribution < 1.29 is 18.1 Å². The predicted octanol–water partition coefficient (Wildman–Crippen LogP) is 1.64. The Labute approximate surface area is 127 Å². The highest BCUT2D eigenvalue weighted by atomic mass is 35.5. The first-order chi connectivity index (χ1) is 9.60. The van der Waals surface area contributed by atoms with Crippen molar-refractivity contribution in [3.8, 4) is 0 Å². The number of benzene rings is 1. The topological polar surface area (TPSA) is 97.6 Å². The van der Waals surface area contributed by atoms with Crippen LogP contribution in [-0.4, -0.2) is 43.2 Å². The minimum Gasteiger partial charge on any atom is -0.341 e. The van der Waals surface area contributed by atoms with Gasteiger partial charge in [-0.05, 0) is 11.6 Å². The van der Waals surface area contributed by atoms with Crippen molar-refractivity contribution in [2.45, 2.75) is 13.0 Å². The van der Waals surface area contributed by atoms with Crippen molar-refractivity contribution in [1.29, 1.82) is 0 Å². The summed E-state index contributed by atoms with van der Waals surface area (Å²) in [5.74, 6) is -0.609. The molecule has 1 aromatic carbocycles. The Morgan fingerprint density at radius 1 is 1.43 bits per heavy atom. The summed E-state index contributed by atoms with van der Waals surface area (Å²) in [5.41, 5.74) is 0.312. The van der Waals surface area contributed by atoms with Gasteiger partial charge in [0, 0.05) is 43.4 Å². The molecule has 1 rings (SSSR count). The van der Waals surface area contributed by atoms with Crippen molar-refractivity contribution in [2.24, 2.45) is 0 Å². The number of nitro groups is 1. The van der Waals surface area contributed by atoms with Gasteiger partial charge in [-0.1, -0.05) is 11.6 Å². The van der Waals surface area contributed by atoms with Gasteiger partial charge in [0.15, 0.2) is 0 Å². The third kappa shape index (κ3) is 5.68. The van der Waals surface area contributed by atoms with Gasteiger partial charge < -0.3 is 4.90 Å². The molecule has 1 aromatic rings. The van der Waals surface area contributed by atoms with Gasteiger partial charge in [-0.25, -0.2) is 8.42 Å². The van der Waals surface area contributed by atoms with E-state index < -0.39 is 14.8 Å². The normalized spacial score (nSPS) is 11.2. The molecule has 21 heavy (non-hydrogen) atoms. The van der Waals surface area contributed by atoms with Crippen LogP contribution < -0.4 is 0 Å². The summed E-state index contributed by atoms with van der Waals surface area (Å²) in [5, 5.41) is 11.0. The monoisotopic (exact) mass is 334 g/mol. The first-order valence-electron chi connectivity index (χ1n) is 5.94. The fourth-order valence-electron chi connectivity index (χ4n) is 1.60. The molecule has 0 spiro atoms. The zero-order valence-electron chi connectivity index (χ0n) is 11.6. The van der Waals surface area contributed by atoms with Crippen LogP contribution in [0.2, 0.25) is 5.02 Å². The second-order valence-electron chi connectivity index (χ2n) is 4.66. The molecule has 0 aliphatic heterocycles. The largest absolute Gasteiger partial charge is 0.341 e. The number of hydrogen-bond donors (Lipinski definition) is 0. The molecule has 9 heteroatoms. The quantitative estimate of drug-likeness (QED) is 0.582. The number of sulfone groups is 1. The Morgan fingerprint density at radius 3 is 2.57 bits per heavy atom. The maximum atomic E-state index is 11.8. The van der Waals surface area contributed by atoms with Gasteiger partial charge in [-0.3, -0.25) is 14.9 Å². The van der Waals surface area contributed by atoms with Gasteiger partial charge in [0.1, 0.15) is 9.84 Å². The summed E-state index contributed by atoms with van der Waals surface area (Å²) in [7, 11) is -1.73. The molecule has 0 fully saturated rings. The van der Waals surface area contributed by atoms with E-state index in [1.54, 1.807) is 0 Å². The Morgan fingerprint density at radius 2 is 2.05 bits per heavy atom. The molecule has 116 valence electrons. The molecule has 0 aromatic heterocycles. The van der Waals surface area contributed by atoms with E-state index in [2.05, 4.69) is 0 Å². The second kappa shape index (κ2) is 6.86. The van der Waals surface area contributed by atoms with E-state index in [-0.39, 0.29) is 30.3 Å². The molecule has 0 saturated heterocycles. The molecule has 1 amide bonds. The maximum absolute atomic E-state index is 11.8. The van der Waals surface area contributed by atoms with Gasteiger partial charge in [0.25, 0.3) is 5.69 Å². The predicted molar refractivity (Wildman–Crippen MR) is 78.9 cm³/mol. The Balaban J connectivity index is 2.78. The van der Waals surface area contributed by atoms with Crippen molar-refractivity contribution >= 4 is 33.0 Å². The number of halogens is 1. The van der Waals surface area contributed by atoms with Crippen LogP contribution in [0.4, 0.5) is 5.69 Å². The average Bonchev–Trinajstić information content (AvgIpc) is 2.37. The number of carbonyl (C=O) groups is 1. The van der Waals surface area contributed by atoms with E-state index in [4.69, 9.17) is 11.6 Å². The zero-order valence-corrected chi connectivity index (χ0v) is 13.1. The molecule has 0 N–H and O–H groups in total. The minimum absolute atomic E-state index is 0.0725. The molecule has 0 aliphatic carbocycles.